The Morgan fingerprint density at radius 3 is 2.56 bits per heavy atom. The third kappa shape index (κ3) is 5.32. The van der Waals surface area contributed by atoms with Crippen molar-refractivity contribution < 1.29 is 14.6 Å². The van der Waals surface area contributed by atoms with Crippen LogP contribution in [0.3, 0.4) is 0 Å². The number of carboxylic acids is 1. The predicted molar refractivity (Wildman–Crippen MR) is 72.0 cm³/mol. The Labute approximate surface area is 109 Å². The zero-order valence-electron chi connectivity index (χ0n) is 11.2. The molecule has 1 N–H and O–H groups in total. The van der Waals surface area contributed by atoms with Crippen LogP contribution in [-0.2, 0) is 11.2 Å². The van der Waals surface area contributed by atoms with Crippen LogP contribution in [0.5, 0.6) is 0 Å². The first-order chi connectivity index (χ1) is 8.63. The second-order valence-electron chi connectivity index (χ2n) is 4.58. The van der Waals surface area contributed by atoms with Gasteiger partial charge in [0.15, 0.2) is 0 Å². The smallest absolute Gasteiger partial charge is 0.335 e. The zero-order chi connectivity index (χ0) is 13.4. The molecule has 0 heterocycles. The number of carboxylic acid groups (broad SMARTS) is 1. The lowest BCUT2D eigenvalue weighted by molar-refractivity contribution is 0.0583. The molecule has 0 aliphatic heterocycles. The monoisotopic (exact) mass is 250 g/mol. The van der Waals surface area contributed by atoms with Crippen LogP contribution in [0.15, 0.2) is 24.3 Å². The molecule has 0 aromatic heterocycles. The zero-order valence-corrected chi connectivity index (χ0v) is 11.2. The highest BCUT2D eigenvalue weighted by Crippen LogP contribution is 2.08. The van der Waals surface area contributed by atoms with Gasteiger partial charge in [0, 0.05) is 6.61 Å². The molecule has 100 valence electrons. The molecule has 0 aliphatic rings. The molecular formula is C15H22O3. The van der Waals surface area contributed by atoms with Gasteiger partial charge >= 0.3 is 5.97 Å². The van der Waals surface area contributed by atoms with Gasteiger partial charge in [-0.15, -0.1) is 0 Å². The Bertz CT molecular complexity index is 357. The van der Waals surface area contributed by atoms with Crippen LogP contribution in [0.25, 0.3) is 0 Å². The van der Waals surface area contributed by atoms with Crippen molar-refractivity contribution in [3.05, 3.63) is 35.4 Å². The van der Waals surface area contributed by atoms with Crippen LogP contribution in [0, 0.1) is 0 Å². The Hall–Kier alpha value is -1.35. The van der Waals surface area contributed by atoms with Crippen LogP contribution >= 0.6 is 0 Å². The molecule has 3 heteroatoms. The quantitative estimate of drug-likeness (QED) is 0.718. The molecule has 1 aromatic carbocycles. The molecule has 3 nitrogen and oxygen atoms in total. The Kier molecular flexibility index (Phi) is 6.44. The van der Waals surface area contributed by atoms with E-state index in [0.29, 0.717) is 11.7 Å². The van der Waals surface area contributed by atoms with Gasteiger partial charge in [-0.25, -0.2) is 4.79 Å². The summed E-state index contributed by atoms with van der Waals surface area (Å²) in [4.78, 5) is 10.7. The highest BCUT2D eigenvalue weighted by molar-refractivity contribution is 5.87. The predicted octanol–water partition coefficient (Wildman–Crippen LogP) is 3.52. The van der Waals surface area contributed by atoms with Crippen molar-refractivity contribution in [3.8, 4) is 0 Å². The van der Waals surface area contributed by atoms with Crippen LogP contribution < -0.4 is 0 Å². The molecule has 0 aliphatic carbocycles. The van der Waals surface area contributed by atoms with Crippen molar-refractivity contribution in [3.63, 3.8) is 0 Å². The maximum absolute atomic E-state index is 10.7. The second kappa shape index (κ2) is 7.88. The third-order valence-corrected chi connectivity index (χ3v) is 2.91. The van der Waals surface area contributed by atoms with Gasteiger partial charge in [-0.1, -0.05) is 25.5 Å². The SMILES string of the molecule is CCCC(C)OCCCc1ccc(C(=O)O)cc1. The van der Waals surface area contributed by atoms with Gasteiger partial charge in [-0.05, 0) is 43.9 Å². The molecule has 1 atom stereocenters. The number of carbonyl (C=O) groups is 1. The van der Waals surface area contributed by atoms with Gasteiger partial charge in [-0.3, -0.25) is 0 Å². The van der Waals surface area contributed by atoms with E-state index in [1.165, 1.54) is 0 Å². The summed E-state index contributed by atoms with van der Waals surface area (Å²) in [7, 11) is 0. The summed E-state index contributed by atoms with van der Waals surface area (Å²) < 4.78 is 5.67. The fraction of sp³-hybridized carbons (Fsp3) is 0.533. The highest BCUT2D eigenvalue weighted by Gasteiger charge is 2.02. The number of ether oxygens (including phenoxy) is 1. The van der Waals surface area contributed by atoms with E-state index in [4.69, 9.17) is 9.84 Å². The molecule has 0 radical (unpaired) electrons. The average Bonchev–Trinajstić information content (AvgIpc) is 2.35. The van der Waals surface area contributed by atoms with E-state index >= 15 is 0 Å². The largest absolute Gasteiger partial charge is 0.478 e. The molecule has 0 amide bonds. The number of aromatic carboxylic acids is 1. The molecule has 0 spiro atoms. The Morgan fingerprint density at radius 2 is 2.00 bits per heavy atom. The van der Waals surface area contributed by atoms with Crippen LogP contribution in [0.1, 0.15) is 49.0 Å². The topological polar surface area (TPSA) is 46.5 Å². The summed E-state index contributed by atoms with van der Waals surface area (Å²) in [6.07, 6.45) is 4.49. The molecule has 0 bridgehead atoms. The molecule has 0 saturated carbocycles. The highest BCUT2D eigenvalue weighted by atomic mass is 16.5. The fourth-order valence-corrected chi connectivity index (χ4v) is 1.86. The summed E-state index contributed by atoms with van der Waals surface area (Å²) in [5.41, 5.74) is 1.50. The van der Waals surface area contributed by atoms with Crippen molar-refractivity contribution >= 4 is 5.97 Å². The normalized spacial score (nSPS) is 12.3. The fourth-order valence-electron chi connectivity index (χ4n) is 1.86. The minimum Gasteiger partial charge on any atom is -0.478 e. The van der Waals surface area contributed by atoms with E-state index in [1.807, 2.05) is 12.1 Å². The van der Waals surface area contributed by atoms with Gasteiger partial charge in [0.25, 0.3) is 0 Å². The number of hydrogen-bond donors (Lipinski definition) is 1. The third-order valence-electron chi connectivity index (χ3n) is 2.91. The minimum absolute atomic E-state index is 0.337. The summed E-state index contributed by atoms with van der Waals surface area (Å²) in [5.74, 6) is -0.877. The van der Waals surface area contributed by atoms with Gasteiger partial charge in [-0.2, -0.15) is 0 Å². The van der Waals surface area contributed by atoms with Crippen LogP contribution in [0.4, 0.5) is 0 Å². The lowest BCUT2D eigenvalue weighted by Gasteiger charge is -2.11. The van der Waals surface area contributed by atoms with Crippen molar-refractivity contribution in [1.29, 1.82) is 0 Å². The minimum atomic E-state index is -0.877. The Morgan fingerprint density at radius 1 is 1.33 bits per heavy atom. The average molecular weight is 250 g/mol. The van der Waals surface area contributed by atoms with E-state index in [1.54, 1.807) is 12.1 Å². The van der Waals surface area contributed by atoms with Gasteiger partial charge < -0.3 is 9.84 Å². The van der Waals surface area contributed by atoms with E-state index < -0.39 is 5.97 Å². The van der Waals surface area contributed by atoms with E-state index in [9.17, 15) is 4.79 Å². The summed E-state index contributed by atoms with van der Waals surface area (Å²) in [6.45, 7) is 5.02. The van der Waals surface area contributed by atoms with Crippen molar-refractivity contribution in [2.45, 2.75) is 45.6 Å². The number of benzene rings is 1. The first-order valence-electron chi connectivity index (χ1n) is 6.57. The van der Waals surface area contributed by atoms with Crippen molar-refractivity contribution in [1.82, 2.24) is 0 Å². The number of hydrogen-bond acceptors (Lipinski definition) is 2. The molecule has 1 aromatic rings. The summed E-state index contributed by atoms with van der Waals surface area (Å²) in [5, 5.41) is 8.78. The molecule has 0 saturated heterocycles. The number of rotatable bonds is 8. The van der Waals surface area contributed by atoms with E-state index in [-0.39, 0.29) is 0 Å². The van der Waals surface area contributed by atoms with Crippen LogP contribution in [-0.4, -0.2) is 23.8 Å². The summed E-state index contributed by atoms with van der Waals surface area (Å²) >= 11 is 0. The first-order valence-corrected chi connectivity index (χ1v) is 6.57. The van der Waals surface area contributed by atoms with Gasteiger partial charge in [0.05, 0.1) is 11.7 Å². The van der Waals surface area contributed by atoms with Crippen molar-refractivity contribution in [2.75, 3.05) is 6.61 Å². The molecule has 1 rings (SSSR count). The molecule has 18 heavy (non-hydrogen) atoms. The van der Waals surface area contributed by atoms with E-state index in [2.05, 4.69) is 13.8 Å². The Balaban J connectivity index is 2.25. The second-order valence-corrected chi connectivity index (χ2v) is 4.58. The summed E-state index contributed by atoms with van der Waals surface area (Å²) in [6, 6.07) is 7.05. The maximum atomic E-state index is 10.7. The molecule has 1 unspecified atom stereocenters. The molecule has 0 fully saturated rings. The van der Waals surface area contributed by atoms with E-state index in [0.717, 1.165) is 37.9 Å². The van der Waals surface area contributed by atoms with Gasteiger partial charge in [0.2, 0.25) is 0 Å². The van der Waals surface area contributed by atoms with Crippen molar-refractivity contribution in [2.24, 2.45) is 0 Å². The first kappa shape index (κ1) is 14.7. The lowest BCUT2D eigenvalue weighted by atomic mass is 10.1. The standard InChI is InChI=1S/C15H22O3/c1-3-5-12(2)18-11-4-6-13-7-9-14(10-8-13)15(16)17/h7-10,12H,3-6,11H2,1-2H3,(H,16,17). The van der Waals surface area contributed by atoms with Gasteiger partial charge in [0.1, 0.15) is 0 Å². The maximum Gasteiger partial charge on any atom is 0.335 e. The number of aryl methyl sites for hydroxylation is 1. The lowest BCUT2D eigenvalue weighted by Crippen LogP contribution is -2.09. The van der Waals surface area contributed by atoms with Crippen LogP contribution in [0.2, 0.25) is 0 Å². The molecular weight excluding hydrogens is 228 g/mol.